The Labute approximate surface area is 112 Å². The minimum atomic E-state index is -0.320. The third-order valence-electron chi connectivity index (χ3n) is 2.60. The van der Waals surface area contributed by atoms with E-state index in [9.17, 15) is 4.79 Å². The van der Waals surface area contributed by atoms with Gasteiger partial charge in [0.05, 0.1) is 35.0 Å². The van der Waals surface area contributed by atoms with Crippen molar-refractivity contribution in [3.8, 4) is 17.2 Å². The van der Waals surface area contributed by atoms with Crippen molar-refractivity contribution in [2.45, 2.75) is 6.54 Å². The fraction of sp³-hybridized carbons (Fsp3) is 0.462. The molecule has 0 atom stereocenters. The van der Waals surface area contributed by atoms with Crippen molar-refractivity contribution in [2.75, 3.05) is 35.0 Å². The number of hydrogen-bond acceptors (Lipinski definition) is 6. The number of methoxy groups -OCH3 is 4. The predicted octanol–water partition coefficient (Wildman–Crippen LogP) is 0.975. The van der Waals surface area contributed by atoms with E-state index in [4.69, 9.17) is 14.2 Å². The van der Waals surface area contributed by atoms with Crippen LogP contribution in [0.3, 0.4) is 0 Å². The lowest BCUT2D eigenvalue weighted by atomic mass is 10.1. The maximum atomic E-state index is 11.0. The van der Waals surface area contributed by atoms with E-state index in [0.29, 0.717) is 23.8 Å². The molecule has 0 aliphatic rings. The summed E-state index contributed by atoms with van der Waals surface area (Å²) in [5.41, 5.74) is 0.865. The molecule has 19 heavy (non-hydrogen) atoms. The van der Waals surface area contributed by atoms with Crippen LogP contribution >= 0.6 is 0 Å². The molecule has 0 unspecified atom stereocenters. The fourth-order valence-corrected chi connectivity index (χ4v) is 1.67. The molecule has 106 valence electrons. The number of carbonyl (C=O) groups excluding carboxylic acids is 1. The molecular formula is C13H19NO5. The van der Waals surface area contributed by atoms with Gasteiger partial charge in [-0.05, 0) is 6.07 Å². The standard InChI is InChI=1S/C13H19NO5/c1-16-10-6-5-9(7-14-8-11(15)17-2)12(18-3)13(10)19-4/h5-6,14H,7-8H2,1-4H3. The Bertz CT molecular complexity index is 433. The molecule has 0 radical (unpaired) electrons. The Balaban J connectivity index is 2.86. The van der Waals surface area contributed by atoms with Crippen LogP contribution in [-0.2, 0) is 16.1 Å². The molecule has 0 bridgehead atoms. The molecule has 6 heteroatoms. The van der Waals surface area contributed by atoms with Gasteiger partial charge in [0, 0.05) is 12.1 Å². The fourth-order valence-electron chi connectivity index (χ4n) is 1.67. The van der Waals surface area contributed by atoms with Gasteiger partial charge in [-0.25, -0.2) is 0 Å². The molecule has 1 rings (SSSR count). The second-order valence-corrected chi connectivity index (χ2v) is 3.67. The molecule has 6 nitrogen and oxygen atoms in total. The van der Waals surface area contributed by atoms with Crippen LogP contribution in [-0.4, -0.2) is 41.0 Å². The molecule has 0 heterocycles. The molecule has 0 spiro atoms. The van der Waals surface area contributed by atoms with Crippen molar-refractivity contribution in [3.63, 3.8) is 0 Å². The molecular weight excluding hydrogens is 250 g/mol. The van der Waals surface area contributed by atoms with Crippen molar-refractivity contribution in [3.05, 3.63) is 17.7 Å². The van der Waals surface area contributed by atoms with Crippen LogP contribution in [0.25, 0.3) is 0 Å². The summed E-state index contributed by atoms with van der Waals surface area (Å²) >= 11 is 0. The number of carbonyl (C=O) groups is 1. The molecule has 0 aromatic heterocycles. The molecule has 1 aromatic carbocycles. The van der Waals surface area contributed by atoms with Crippen LogP contribution < -0.4 is 19.5 Å². The van der Waals surface area contributed by atoms with Crippen molar-refractivity contribution in [1.82, 2.24) is 5.32 Å². The predicted molar refractivity (Wildman–Crippen MR) is 69.8 cm³/mol. The van der Waals surface area contributed by atoms with Gasteiger partial charge in [-0.2, -0.15) is 0 Å². The highest BCUT2D eigenvalue weighted by molar-refractivity contribution is 5.71. The quantitative estimate of drug-likeness (QED) is 0.744. The number of esters is 1. The van der Waals surface area contributed by atoms with Gasteiger partial charge < -0.3 is 24.3 Å². The first kappa shape index (κ1) is 15.1. The van der Waals surface area contributed by atoms with Crippen LogP contribution in [0.5, 0.6) is 17.2 Å². The van der Waals surface area contributed by atoms with Gasteiger partial charge in [0.15, 0.2) is 11.5 Å². The first-order valence-corrected chi connectivity index (χ1v) is 5.73. The number of benzene rings is 1. The number of ether oxygens (including phenoxy) is 4. The zero-order chi connectivity index (χ0) is 14.3. The molecule has 0 aliphatic carbocycles. The first-order chi connectivity index (χ1) is 9.17. The molecule has 0 fully saturated rings. The van der Waals surface area contributed by atoms with E-state index in [1.54, 1.807) is 27.4 Å². The number of rotatable bonds is 7. The van der Waals surface area contributed by atoms with Gasteiger partial charge in [-0.15, -0.1) is 0 Å². The van der Waals surface area contributed by atoms with Crippen LogP contribution in [0, 0.1) is 0 Å². The summed E-state index contributed by atoms with van der Waals surface area (Å²) in [5.74, 6) is 1.39. The minimum Gasteiger partial charge on any atom is -0.493 e. The summed E-state index contributed by atoms with van der Waals surface area (Å²) in [4.78, 5) is 11.0. The second-order valence-electron chi connectivity index (χ2n) is 3.67. The summed E-state index contributed by atoms with van der Waals surface area (Å²) in [6, 6.07) is 3.64. The third-order valence-corrected chi connectivity index (χ3v) is 2.60. The van der Waals surface area contributed by atoms with E-state index in [1.165, 1.54) is 7.11 Å². The molecule has 0 saturated heterocycles. The van der Waals surface area contributed by atoms with Crippen LogP contribution in [0.15, 0.2) is 12.1 Å². The van der Waals surface area contributed by atoms with E-state index in [2.05, 4.69) is 10.1 Å². The van der Waals surface area contributed by atoms with Crippen LogP contribution in [0.4, 0.5) is 0 Å². The second kappa shape index (κ2) is 7.48. The molecule has 0 aliphatic heterocycles. The molecule has 0 saturated carbocycles. The van der Waals surface area contributed by atoms with Crippen LogP contribution in [0.1, 0.15) is 5.56 Å². The zero-order valence-electron chi connectivity index (χ0n) is 11.6. The highest BCUT2D eigenvalue weighted by Gasteiger charge is 2.15. The molecule has 1 aromatic rings. The summed E-state index contributed by atoms with van der Waals surface area (Å²) in [6.45, 7) is 0.590. The highest BCUT2D eigenvalue weighted by Crippen LogP contribution is 2.39. The van der Waals surface area contributed by atoms with Gasteiger partial charge in [-0.3, -0.25) is 4.79 Å². The first-order valence-electron chi connectivity index (χ1n) is 5.73. The van der Waals surface area contributed by atoms with E-state index < -0.39 is 0 Å². The van der Waals surface area contributed by atoms with E-state index in [-0.39, 0.29) is 12.5 Å². The zero-order valence-corrected chi connectivity index (χ0v) is 11.6. The number of nitrogens with one attached hydrogen (secondary N) is 1. The van der Waals surface area contributed by atoms with Crippen molar-refractivity contribution < 1.29 is 23.7 Å². The van der Waals surface area contributed by atoms with E-state index >= 15 is 0 Å². The summed E-state index contributed by atoms with van der Waals surface area (Å²) in [7, 11) is 6.01. The van der Waals surface area contributed by atoms with Gasteiger partial charge in [0.1, 0.15) is 0 Å². The normalized spacial score (nSPS) is 9.89. The monoisotopic (exact) mass is 269 g/mol. The Morgan fingerprint density at radius 2 is 1.74 bits per heavy atom. The Kier molecular flexibility index (Phi) is 5.95. The smallest absolute Gasteiger partial charge is 0.319 e. The van der Waals surface area contributed by atoms with Gasteiger partial charge >= 0.3 is 5.97 Å². The lowest BCUT2D eigenvalue weighted by molar-refractivity contribution is -0.139. The van der Waals surface area contributed by atoms with Crippen molar-refractivity contribution in [2.24, 2.45) is 0 Å². The summed E-state index contributed by atoms with van der Waals surface area (Å²) in [6.07, 6.45) is 0. The summed E-state index contributed by atoms with van der Waals surface area (Å²) in [5, 5.41) is 2.96. The lowest BCUT2D eigenvalue weighted by Gasteiger charge is -2.15. The highest BCUT2D eigenvalue weighted by atomic mass is 16.5. The minimum absolute atomic E-state index is 0.133. The van der Waals surface area contributed by atoms with E-state index in [0.717, 1.165) is 5.56 Å². The van der Waals surface area contributed by atoms with Crippen molar-refractivity contribution >= 4 is 5.97 Å². The molecule has 0 amide bonds. The Morgan fingerprint density at radius 3 is 2.26 bits per heavy atom. The maximum Gasteiger partial charge on any atom is 0.319 e. The number of hydrogen-bond donors (Lipinski definition) is 1. The SMILES string of the molecule is COC(=O)CNCc1ccc(OC)c(OC)c1OC. The van der Waals surface area contributed by atoms with Gasteiger partial charge in [-0.1, -0.05) is 6.07 Å². The Hall–Kier alpha value is -1.95. The molecule has 1 N–H and O–H groups in total. The maximum absolute atomic E-state index is 11.0. The van der Waals surface area contributed by atoms with E-state index in [1.807, 2.05) is 6.07 Å². The lowest BCUT2D eigenvalue weighted by Crippen LogP contribution is -2.23. The van der Waals surface area contributed by atoms with Crippen molar-refractivity contribution in [1.29, 1.82) is 0 Å². The summed E-state index contributed by atoms with van der Waals surface area (Å²) < 4.78 is 20.4. The topological polar surface area (TPSA) is 66.0 Å². The average Bonchev–Trinajstić information content (AvgIpc) is 2.45. The van der Waals surface area contributed by atoms with Crippen LogP contribution in [0.2, 0.25) is 0 Å². The average molecular weight is 269 g/mol. The largest absolute Gasteiger partial charge is 0.493 e. The Morgan fingerprint density at radius 1 is 1.05 bits per heavy atom. The van der Waals surface area contributed by atoms with Gasteiger partial charge in [0.2, 0.25) is 5.75 Å². The van der Waals surface area contributed by atoms with Gasteiger partial charge in [0.25, 0.3) is 0 Å². The third kappa shape index (κ3) is 3.75.